The van der Waals surface area contributed by atoms with Crippen LogP contribution in [0.5, 0.6) is 0 Å². The summed E-state index contributed by atoms with van der Waals surface area (Å²) in [4.78, 5) is 13.8. The van der Waals surface area contributed by atoms with Crippen LogP contribution in [0.25, 0.3) is 0 Å². The molecule has 3 aliphatic heterocycles. The van der Waals surface area contributed by atoms with Gasteiger partial charge in [-0.25, -0.2) is 0 Å². The number of rotatable bonds is 9. The Kier molecular flexibility index (Phi) is 11.9. The molecule has 0 bridgehead atoms. The number of ether oxygens (including phenoxy) is 8. The van der Waals surface area contributed by atoms with Crippen molar-refractivity contribution in [1.82, 2.24) is 0 Å². The van der Waals surface area contributed by atoms with Crippen LogP contribution in [0.2, 0.25) is 0 Å². The van der Waals surface area contributed by atoms with Crippen LogP contribution in [0.15, 0.2) is 28.4 Å². The van der Waals surface area contributed by atoms with E-state index in [1.165, 1.54) is 5.57 Å². The van der Waals surface area contributed by atoms with Gasteiger partial charge in [-0.05, 0) is 77.2 Å². The molecule has 1 aromatic heterocycles. The normalized spacial score (nSPS) is 47.8. The van der Waals surface area contributed by atoms with Gasteiger partial charge in [0.15, 0.2) is 18.9 Å². The molecule has 1 aromatic rings. The molecule has 3 aliphatic carbocycles. The highest BCUT2D eigenvalue weighted by molar-refractivity contribution is 5.89. The Bertz CT molecular complexity index is 1430. The zero-order valence-corrected chi connectivity index (χ0v) is 32.1. The van der Waals surface area contributed by atoms with Gasteiger partial charge in [0.25, 0.3) is 0 Å². The van der Waals surface area contributed by atoms with Crippen molar-refractivity contribution in [1.29, 1.82) is 0 Å². The predicted octanol–water partition coefficient (Wildman–Crippen LogP) is 4.07. The van der Waals surface area contributed by atoms with Crippen LogP contribution in [0.3, 0.4) is 0 Å². The third kappa shape index (κ3) is 7.70. The second kappa shape index (κ2) is 16.0. The van der Waals surface area contributed by atoms with Gasteiger partial charge in [0.2, 0.25) is 0 Å². The Morgan fingerprint density at radius 3 is 2.11 bits per heavy atom. The molecule has 0 amide bonds. The van der Waals surface area contributed by atoms with E-state index in [-0.39, 0.29) is 35.7 Å². The first-order chi connectivity index (χ1) is 25.3. The molecule has 5 fully saturated rings. The average molecular weight is 749 g/mol. The molecule has 53 heavy (non-hydrogen) atoms. The second-order valence-corrected chi connectivity index (χ2v) is 16.5. The number of aliphatic hydroxyl groups excluding tert-OH is 3. The largest absolute Gasteiger partial charge is 0.469 e. The number of allylic oxidation sites excluding steroid dienone is 1. The number of furan rings is 1. The smallest absolute Gasteiger partial charge is 0.161 e. The summed E-state index contributed by atoms with van der Waals surface area (Å²) in [7, 11) is 3.17. The molecule has 18 atom stereocenters. The molecule has 0 spiro atoms. The van der Waals surface area contributed by atoms with Crippen molar-refractivity contribution < 1.29 is 62.4 Å². The minimum absolute atomic E-state index is 0.0626. The highest BCUT2D eigenvalue weighted by Gasteiger charge is 2.55. The minimum atomic E-state index is -0.885. The topological polar surface area (TPSA) is 165 Å². The maximum absolute atomic E-state index is 13.8. The molecule has 13 nitrogen and oxygen atoms in total. The molecule has 0 radical (unpaired) electrons. The lowest BCUT2D eigenvalue weighted by Gasteiger charge is -2.54. The number of Topliss-reactive ketones (excluding diaryl/α,β-unsaturated/α-hetero) is 1. The number of ketones is 1. The van der Waals surface area contributed by atoms with E-state index in [0.717, 1.165) is 24.2 Å². The lowest BCUT2D eigenvalue weighted by atomic mass is 9.51. The lowest BCUT2D eigenvalue weighted by Crippen LogP contribution is -2.57. The molecule has 0 aromatic carbocycles. The van der Waals surface area contributed by atoms with Crippen LogP contribution < -0.4 is 0 Å². The van der Waals surface area contributed by atoms with Crippen molar-refractivity contribution in [2.45, 2.75) is 178 Å². The highest BCUT2D eigenvalue weighted by Crippen LogP contribution is 2.58. The van der Waals surface area contributed by atoms with Gasteiger partial charge in [-0.1, -0.05) is 18.6 Å². The first-order valence-electron chi connectivity index (χ1n) is 19.6. The molecule has 4 heterocycles. The molecular weight excluding hydrogens is 688 g/mol. The number of methoxy groups -OCH3 is 2. The predicted molar refractivity (Wildman–Crippen MR) is 189 cm³/mol. The maximum atomic E-state index is 13.8. The van der Waals surface area contributed by atoms with Crippen LogP contribution >= 0.6 is 0 Å². The molecule has 3 unspecified atom stereocenters. The monoisotopic (exact) mass is 748 g/mol. The van der Waals surface area contributed by atoms with E-state index < -0.39 is 79.9 Å². The van der Waals surface area contributed by atoms with E-state index in [1.807, 2.05) is 26.8 Å². The van der Waals surface area contributed by atoms with E-state index in [2.05, 4.69) is 13.0 Å². The average Bonchev–Trinajstić information content (AvgIpc) is 3.54. The number of hydrogen-bond acceptors (Lipinski definition) is 13. The fourth-order valence-corrected chi connectivity index (χ4v) is 10.3. The Labute approximate surface area is 312 Å². The zero-order valence-electron chi connectivity index (χ0n) is 32.1. The van der Waals surface area contributed by atoms with Crippen LogP contribution in [0, 0.1) is 24.2 Å². The molecule has 3 N–H and O–H groups in total. The SMILES string of the molecule is CO[C@@H]1C[C@H](O[C@H]2[C@H](O)C[C@H](O[C@@H]3[C@@H](C)O[C@@H](O[C@@H]4CC5=CCC6C(=O)C(c7ccoc7C)CCC6[C@@]5(C)C[C@H]4O)C[C@H]3OC)O[C@@H]2C)O[C@@H](C)[C@@H]1O. The quantitative estimate of drug-likeness (QED) is 0.310. The molecule has 13 heteroatoms. The number of hydrogen-bond donors (Lipinski definition) is 3. The third-order valence-electron chi connectivity index (χ3n) is 13.4. The van der Waals surface area contributed by atoms with Crippen LogP contribution in [-0.2, 0) is 42.7 Å². The molecule has 3 saturated heterocycles. The van der Waals surface area contributed by atoms with E-state index in [1.54, 1.807) is 27.4 Å². The summed E-state index contributed by atoms with van der Waals surface area (Å²) in [6, 6.07) is 1.94. The third-order valence-corrected chi connectivity index (χ3v) is 13.4. The van der Waals surface area contributed by atoms with Crippen LogP contribution in [-0.4, -0.2) is 121 Å². The second-order valence-electron chi connectivity index (χ2n) is 16.5. The van der Waals surface area contributed by atoms with Crippen molar-refractivity contribution in [3.8, 4) is 0 Å². The summed E-state index contributed by atoms with van der Waals surface area (Å²) in [5.74, 6) is 1.11. The number of carbonyl (C=O) groups is 1. The van der Waals surface area contributed by atoms with Gasteiger partial charge in [-0.3, -0.25) is 4.79 Å². The first-order valence-corrected chi connectivity index (χ1v) is 19.6. The summed E-state index contributed by atoms with van der Waals surface area (Å²) in [6.07, 6.45) is 0.130. The van der Waals surface area contributed by atoms with Crippen molar-refractivity contribution in [3.63, 3.8) is 0 Å². The summed E-state index contributed by atoms with van der Waals surface area (Å²) in [5, 5.41) is 33.0. The van der Waals surface area contributed by atoms with Gasteiger partial charge in [0.05, 0.1) is 55.1 Å². The van der Waals surface area contributed by atoms with Crippen LogP contribution in [0.4, 0.5) is 0 Å². The number of carbonyl (C=O) groups excluding carboxylic acids is 1. The van der Waals surface area contributed by atoms with Gasteiger partial charge >= 0.3 is 0 Å². The van der Waals surface area contributed by atoms with Gasteiger partial charge in [0, 0.05) is 50.9 Å². The van der Waals surface area contributed by atoms with E-state index in [0.29, 0.717) is 37.9 Å². The summed E-state index contributed by atoms with van der Waals surface area (Å²) in [5.41, 5.74) is 2.00. The van der Waals surface area contributed by atoms with Gasteiger partial charge < -0.3 is 57.6 Å². The van der Waals surface area contributed by atoms with E-state index in [9.17, 15) is 20.1 Å². The first kappa shape index (κ1) is 39.5. The standard InChI is InChI=1S/C40H60O13/c1-19-24(12-13-47-19)25-10-11-27-26(37(25)44)9-8-23-14-30(29(42)18-40(23,27)5)51-34-17-32(46-7)39(22(4)50-34)53-33-15-28(41)38(21(3)49-33)52-35-16-31(45-6)36(43)20(2)48-35/h8,12-13,20-22,25-36,38-39,41-43H,9-11,14-18H2,1-7H3/t20-,21+,22+,25?,26?,27?,28+,29+,30+,31+,32+,33-,34-,35-,36-,38+,39+,40-/m0/s1. The Morgan fingerprint density at radius 1 is 0.792 bits per heavy atom. The molecule has 2 saturated carbocycles. The highest BCUT2D eigenvalue weighted by atomic mass is 16.7. The van der Waals surface area contributed by atoms with Crippen LogP contribution in [0.1, 0.15) is 96.3 Å². The molecule has 7 rings (SSSR count). The fourth-order valence-electron chi connectivity index (χ4n) is 10.3. The van der Waals surface area contributed by atoms with Crippen molar-refractivity contribution >= 4 is 5.78 Å². The summed E-state index contributed by atoms with van der Waals surface area (Å²) >= 11 is 0. The van der Waals surface area contributed by atoms with E-state index >= 15 is 0 Å². The number of fused-ring (bicyclic) bond motifs is 3. The fraction of sp³-hybridized carbons (Fsp3) is 0.825. The zero-order chi connectivity index (χ0) is 37.8. The van der Waals surface area contributed by atoms with Crippen molar-refractivity contribution in [2.75, 3.05) is 14.2 Å². The van der Waals surface area contributed by atoms with Gasteiger partial charge in [-0.2, -0.15) is 0 Å². The summed E-state index contributed by atoms with van der Waals surface area (Å²) in [6.45, 7) is 9.63. The van der Waals surface area contributed by atoms with E-state index in [4.69, 9.17) is 42.3 Å². The molecule has 6 aliphatic rings. The lowest BCUT2D eigenvalue weighted by molar-refractivity contribution is -0.338. The Morgan fingerprint density at radius 2 is 1.43 bits per heavy atom. The van der Waals surface area contributed by atoms with Gasteiger partial charge in [0.1, 0.15) is 29.9 Å². The molecular formula is C40H60O13. The number of aryl methyl sites for hydroxylation is 1. The van der Waals surface area contributed by atoms with Gasteiger partial charge in [-0.15, -0.1) is 0 Å². The Balaban J connectivity index is 0.932. The maximum Gasteiger partial charge on any atom is 0.161 e. The summed E-state index contributed by atoms with van der Waals surface area (Å²) < 4.78 is 54.3. The number of aliphatic hydroxyl groups is 3. The van der Waals surface area contributed by atoms with Crippen molar-refractivity contribution in [2.24, 2.45) is 17.3 Å². The Hall–Kier alpha value is -1.75. The minimum Gasteiger partial charge on any atom is -0.469 e. The molecule has 298 valence electrons. The van der Waals surface area contributed by atoms with Crippen molar-refractivity contribution in [3.05, 3.63) is 35.3 Å².